The van der Waals surface area contributed by atoms with Crippen molar-refractivity contribution < 1.29 is 5.11 Å². The van der Waals surface area contributed by atoms with Gasteiger partial charge >= 0.3 is 0 Å². The molecule has 1 N–H and O–H groups in total. The van der Waals surface area contributed by atoms with Crippen LogP contribution in [-0.2, 0) is 6.54 Å². The SMILES string of the molecule is Cc1cc(I)cc(CN(C)CCN2CCCC2)c1O.Cl. The van der Waals surface area contributed by atoms with E-state index in [0.717, 1.165) is 30.8 Å². The van der Waals surface area contributed by atoms with Crippen LogP contribution in [0.1, 0.15) is 24.0 Å². The average Bonchev–Trinajstić information content (AvgIpc) is 2.86. The first-order chi connectivity index (χ1) is 9.06. The summed E-state index contributed by atoms with van der Waals surface area (Å²) in [6.45, 7) is 7.48. The molecule has 3 nitrogen and oxygen atoms in total. The normalized spacial score (nSPS) is 15.6. The highest BCUT2D eigenvalue weighted by Crippen LogP contribution is 2.25. The third-order valence-corrected chi connectivity index (χ3v) is 4.40. The monoisotopic (exact) mass is 410 g/mol. The fourth-order valence-electron chi connectivity index (χ4n) is 2.61. The van der Waals surface area contributed by atoms with Crippen LogP contribution in [0.5, 0.6) is 5.75 Å². The predicted octanol–water partition coefficient (Wildman–Crippen LogP) is 3.25. The van der Waals surface area contributed by atoms with E-state index < -0.39 is 0 Å². The van der Waals surface area contributed by atoms with Crippen LogP contribution in [0.2, 0.25) is 0 Å². The molecule has 1 heterocycles. The summed E-state index contributed by atoms with van der Waals surface area (Å²) in [4.78, 5) is 4.82. The molecule has 1 aliphatic rings. The lowest BCUT2D eigenvalue weighted by atomic mass is 10.1. The van der Waals surface area contributed by atoms with E-state index in [1.807, 2.05) is 13.0 Å². The summed E-state index contributed by atoms with van der Waals surface area (Å²) < 4.78 is 1.19. The number of aromatic hydroxyl groups is 1. The third kappa shape index (κ3) is 5.06. The molecular weight excluding hydrogens is 387 g/mol. The zero-order valence-corrected chi connectivity index (χ0v) is 15.2. The van der Waals surface area contributed by atoms with Gasteiger partial charge < -0.3 is 14.9 Å². The molecule has 2 rings (SSSR count). The van der Waals surface area contributed by atoms with Gasteiger partial charge in [-0.3, -0.25) is 0 Å². The van der Waals surface area contributed by atoms with Crippen molar-refractivity contribution in [3.63, 3.8) is 0 Å². The average molecular weight is 411 g/mol. The van der Waals surface area contributed by atoms with Crippen LogP contribution in [-0.4, -0.2) is 48.1 Å². The van der Waals surface area contributed by atoms with Crippen molar-refractivity contribution in [2.45, 2.75) is 26.3 Å². The van der Waals surface area contributed by atoms with E-state index in [9.17, 15) is 5.11 Å². The van der Waals surface area contributed by atoms with Crippen LogP contribution in [0.4, 0.5) is 0 Å². The molecule has 5 heteroatoms. The number of likely N-dealkylation sites (tertiary alicyclic amines) is 1. The Morgan fingerprint density at radius 3 is 2.60 bits per heavy atom. The highest BCUT2D eigenvalue weighted by atomic mass is 127. The Morgan fingerprint density at radius 1 is 1.30 bits per heavy atom. The number of halogens is 2. The topological polar surface area (TPSA) is 26.7 Å². The summed E-state index contributed by atoms with van der Waals surface area (Å²) >= 11 is 2.31. The number of hydrogen-bond donors (Lipinski definition) is 1. The second-order valence-corrected chi connectivity index (χ2v) is 6.76. The molecule has 114 valence electrons. The Kier molecular flexibility index (Phi) is 7.58. The summed E-state index contributed by atoms with van der Waals surface area (Å²) in [5, 5.41) is 10.1. The molecule has 0 aromatic heterocycles. The summed E-state index contributed by atoms with van der Waals surface area (Å²) in [6.07, 6.45) is 2.70. The standard InChI is InChI=1S/C15H23IN2O.ClH/c1-12-9-14(16)10-13(15(12)19)11-17(2)7-8-18-5-3-4-6-18;/h9-10,19H,3-8,11H2,1-2H3;1H. The van der Waals surface area contributed by atoms with Crippen molar-refractivity contribution in [3.05, 3.63) is 26.8 Å². The molecule has 0 bridgehead atoms. The van der Waals surface area contributed by atoms with E-state index >= 15 is 0 Å². The minimum absolute atomic E-state index is 0. The number of phenols is 1. The van der Waals surface area contributed by atoms with E-state index in [-0.39, 0.29) is 12.4 Å². The third-order valence-electron chi connectivity index (χ3n) is 3.78. The van der Waals surface area contributed by atoms with Crippen LogP contribution in [0.25, 0.3) is 0 Å². The number of rotatable bonds is 5. The summed E-state index contributed by atoms with van der Waals surface area (Å²) in [6, 6.07) is 4.10. The largest absolute Gasteiger partial charge is 0.507 e. The molecular formula is C15H24ClIN2O. The van der Waals surface area contributed by atoms with Gasteiger partial charge in [-0.25, -0.2) is 0 Å². The Morgan fingerprint density at radius 2 is 1.95 bits per heavy atom. The van der Waals surface area contributed by atoms with Crippen LogP contribution in [0.3, 0.4) is 0 Å². The second kappa shape index (κ2) is 8.41. The van der Waals surface area contributed by atoms with Crippen LogP contribution in [0, 0.1) is 10.5 Å². The van der Waals surface area contributed by atoms with Gasteiger partial charge in [0.05, 0.1) is 0 Å². The van der Waals surface area contributed by atoms with E-state index in [2.05, 4.69) is 45.5 Å². The molecule has 1 aliphatic heterocycles. The lowest BCUT2D eigenvalue weighted by Gasteiger charge is -2.22. The van der Waals surface area contributed by atoms with E-state index in [4.69, 9.17) is 0 Å². The van der Waals surface area contributed by atoms with Crippen molar-refractivity contribution in [2.75, 3.05) is 33.2 Å². The molecule has 0 unspecified atom stereocenters. The van der Waals surface area contributed by atoms with Gasteiger partial charge in [-0.2, -0.15) is 0 Å². The highest BCUT2D eigenvalue weighted by Gasteiger charge is 2.13. The molecule has 1 saturated heterocycles. The zero-order chi connectivity index (χ0) is 13.8. The number of benzene rings is 1. The molecule has 1 fully saturated rings. The summed E-state index contributed by atoms with van der Waals surface area (Å²) in [5.41, 5.74) is 2.00. The van der Waals surface area contributed by atoms with E-state index in [0.29, 0.717) is 5.75 Å². The predicted molar refractivity (Wildman–Crippen MR) is 94.8 cm³/mol. The minimum Gasteiger partial charge on any atom is -0.507 e. The van der Waals surface area contributed by atoms with E-state index in [1.54, 1.807) is 0 Å². The Balaban J connectivity index is 0.00000200. The Hall–Kier alpha value is -0.0400. The van der Waals surface area contributed by atoms with Gasteiger partial charge in [-0.1, -0.05) is 0 Å². The van der Waals surface area contributed by atoms with Crippen molar-refractivity contribution in [2.24, 2.45) is 0 Å². The van der Waals surface area contributed by atoms with Crippen molar-refractivity contribution in [1.29, 1.82) is 0 Å². The minimum atomic E-state index is 0. The van der Waals surface area contributed by atoms with E-state index in [1.165, 1.54) is 29.5 Å². The maximum Gasteiger partial charge on any atom is 0.123 e. The first-order valence-corrected chi connectivity index (χ1v) is 8.03. The molecule has 0 amide bonds. The van der Waals surface area contributed by atoms with Gasteiger partial charge in [0.25, 0.3) is 0 Å². The molecule has 0 atom stereocenters. The summed E-state index contributed by atoms with van der Waals surface area (Å²) in [5.74, 6) is 0.452. The number of phenolic OH excluding ortho intramolecular Hbond substituents is 1. The highest BCUT2D eigenvalue weighted by molar-refractivity contribution is 14.1. The quantitative estimate of drug-likeness (QED) is 0.755. The smallest absolute Gasteiger partial charge is 0.123 e. The molecule has 0 radical (unpaired) electrons. The van der Waals surface area contributed by atoms with Gasteiger partial charge in [-0.05, 0) is 80.2 Å². The van der Waals surface area contributed by atoms with Crippen molar-refractivity contribution >= 4 is 35.0 Å². The van der Waals surface area contributed by atoms with Crippen LogP contribution >= 0.6 is 35.0 Å². The fraction of sp³-hybridized carbons (Fsp3) is 0.600. The lowest BCUT2D eigenvalue weighted by molar-refractivity contribution is 0.250. The lowest BCUT2D eigenvalue weighted by Crippen LogP contribution is -2.31. The molecule has 20 heavy (non-hydrogen) atoms. The van der Waals surface area contributed by atoms with Crippen molar-refractivity contribution in [3.8, 4) is 5.75 Å². The number of aryl methyl sites for hydroxylation is 1. The number of hydrogen-bond acceptors (Lipinski definition) is 3. The molecule has 0 spiro atoms. The molecule has 1 aromatic carbocycles. The zero-order valence-electron chi connectivity index (χ0n) is 12.2. The van der Waals surface area contributed by atoms with Gasteiger partial charge in [0.1, 0.15) is 5.75 Å². The van der Waals surface area contributed by atoms with Crippen LogP contribution in [0.15, 0.2) is 12.1 Å². The van der Waals surface area contributed by atoms with Gasteiger partial charge in [0, 0.05) is 28.8 Å². The number of likely N-dealkylation sites (N-methyl/N-ethyl adjacent to an activating group) is 1. The second-order valence-electron chi connectivity index (χ2n) is 5.52. The summed E-state index contributed by atoms with van der Waals surface area (Å²) in [7, 11) is 2.13. The number of nitrogens with zero attached hydrogens (tertiary/aromatic N) is 2. The first-order valence-electron chi connectivity index (χ1n) is 6.95. The van der Waals surface area contributed by atoms with Crippen LogP contribution < -0.4 is 0 Å². The van der Waals surface area contributed by atoms with Gasteiger partial charge in [0.15, 0.2) is 0 Å². The Labute approximate surface area is 141 Å². The Bertz CT molecular complexity index is 436. The maximum absolute atomic E-state index is 10.1. The first kappa shape index (κ1) is 18.0. The molecule has 0 aliphatic carbocycles. The van der Waals surface area contributed by atoms with Gasteiger partial charge in [-0.15, -0.1) is 12.4 Å². The maximum atomic E-state index is 10.1. The fourth-order valence-corrected chi connectivity index (χ4v) is 3.46. The molecule has 1 aromatic rings. The van der Waals surface area contributed by atoms with Gasteiger partial charge in [0.2, 0.25) is 0 Å². The van der Waals surface area contributed by atoms with Crippen molar-refractivity contribution in [1.82, 2.24) is 9.80 Å². The molecule has 0 saturated carbocycles.